The van der Waals surface area contributed by atoms with Gasteiger partial charge >= 0.3 is 0 Å². The number of rotatable bonds is 5. The predicted octanol–water partition coefficient (Wildman–Crippen LogP) is 3.53. The summed E-state index contributed by atoms with van der Waals surface area (Å²) in [4.78, 5) is 25.9. The Morgan fingerprint density at radius 1 is 1.03 bits per heavy atom. The van der Waals surface area contributed by atoms with Gasteiger partial charge < -0.3 is 5.32 Å². The molecule has 6 nitrogen and oxygen atoms in total. The first-order chi connectivity index (χ1) is 14.0. The van der Waals surface area contributed by atoms with Crippen LogP contribution in [0.1, 0.15) is 36.1 Å². The quantitative estimate of drug-likeness (QED) is 0.569. The van der Waals surface area contributed by atoms with Crippen LogP contribution in [0.25, 0.3) is 16.4 Å². The third kappa shape index (κ3) is 3.53. The zero-order valence-corrected chi connectivity index (χ0v) is 16.8. The molecule has 0 spiro atoms. The molecule has 1 atom stereocenters. The first-order valence-electron chi connectivity index (χ1n) is 9.80. The molecule has 148 valence electrons. The molecule has 2 aromatic carbocycles. The van der Waals surface area contributed by atoms with Gasteiger partial charge in [-0.3, -0.25) is 14.0 Å². The van der Waals surface area contributed by atoms with Gasteiger partial charge in [0.25, 0.3) is 5.56 Å². The number of aryl methyl sites for hydroxylation is 2. The highest BCUT2D eigenvalue weighted by Gasteiger charge is 2.22. The molecule has 1 N–H and O–H groups in total. The summed E-state index contributed by atoms with van der Waals surface area (Å²) in [6.45, 7) is 6.34. The molecule has 4 rings (SSSR count). The molecule has 0 aliphatic rings. The average Bonchev–Trinajstić information content (AvgIpc) is 3.08. The number of amides is 1. The molecule has 2 heterocycles. The van der Waals surface area contributed by atoms with Crippen molar-refractivity contribution in [1.29, 1.82) is 0 Å². The van der Waals surface area contributed by atoms with Crippen molar-refractivity contribution >= 4 is 22.3 Å². The fourth-order valence-electron chi connectivity index (χ4n) is 3.63. The van der Waals surface area contributed by atoms with Crippen molar-refractivity contribution in [2.75, 3.05) is 0 Å². The fourth-order valence-corrected chi connectivity index (χ4v) is 3.63. The summed E-state index contributed by atoms with van der Waals surface area (Å²) in [7, 11) is 0. The summed E-state index contributed by atoms with van der Waals surface area (Å²) in [6, 6.07) is 15.2. The van der Waals surface area contributed by atoms with E-state index in [9.17, 15) is 9.59 Å². The number of fused-ring (bicyclic) bond motifs is 3. The van der Waals surface area contributed by atoms with Crippen LogP contribution in [0.5, 0.6) is 0 Å². The van der Waals surface area contributed by atoms with Crippen LogP contribution in [0.15, 0.2) is 59.7 Å². The number of nitrogens with zero attached hydrogens (tertiary/aromatic N) is 3. The fraction of sp³-hybridized carbons (Fsp3) is 0.261. The second-order valence-electron chi connectivity index (χ2n) is 7.47. The maximum absolute atomic E-state index is 13.1. The minimum Gasteiger partial charge on any atom is -0.350 e. The van der Waals surface area contributed by atoms with Crippen LogP contribution in [-0.2, 0) is 11.3 Å². The lowest BCUT2D eigenvalue weighted by Gasteiger charge is -2.17. The number of hydrogen-bond acceptors (Lipinski definition) is 3. The van der Waals surface area contributed by atoms with Crippen molar-refractivity contribution in [3.05, 3.63) is 81.9 Å². The van der Waals surface area contributed by atoms with Crippen molar-refractivity contribution in [3.63, 3.8) is 0 Å². The number of carbonyl (C=O) groups excluding carboxylic acids is 1. The van der Waals surface area contributed by atoms with Crippen LogP contribution in [0, 0.1) is 13.8 Å². The summed E-state index contributed by atoms with van der Waals surface area (Å²) in [6.07, 6.45) is 2.09. The monoisotopic (exact) mass is 388 g/mol. The maximum Gasteiger partial charge on any atom is 0.291 e. The van der Waals surface area contributed by atoms with Gasteiger partial charge in [-0.2, -0.15) is 5.10 Å². The largest absolute Gasteiger partial charge is 0.350 e. The third-order valence-corrected chi connectivity index (χ3v) is 5.28. The first kappa shape index (κ1) is 18.9. The highest BCUT2D eigenvalue weighted by atomic mass is 16.2. The summed E-state index contributed by atoms with van der Waals surface area (Å²) in [5.41, 5.74) is 4.50. The molecule has 4 aromatic rings. The minimum absolute atomic E-state index is 0.209. The minimum atomic E-state index is -0.655. The van der Waals surface area contributed by atoms with Gasteiger partial charge in [-0.1, -0.05) is 48.4 Å². The van der Waals surface area contributed by atoms with E-state index in [0.717, 1.165) is 22.0 Å². The van der Waals surface area contributed by atoms with Crippen molar-refractivity contribution < 1.29 is 4.79 Å². The van der Waals surface area contributed by atoms with Gasteiger partial charge in [0.1, 0.15) is 17.9 Å². The molecular formula is C23H24N4O2. The second-order valence-corrected chi connectivity index (χ2v) is 7.47. The van der Waals surface area contributed by atoms with Gasteiger partial charge in [-0.15, -0.1) is 0 Å². The Labute approximate surface area is 168 Å². The van der Waals surface area contributed by atoms with E-state index in [0.29, 0.717) is 18.5 Å². The summed E-state index contributed by atoms with van der Waals surface area (Å²) >= 11 is 0. The molecule has 29 heavy (non-hydrogen) atoms. The zero-order chi connectivity index (χ0) is 20.5. The Kier molecular flexibility index (Phi) is 4.92. The Morgan fingerprint density at radius 2 is 1.76 bits per heavy atom. The van der Waals surface area contributed by atoms with E-state index in [1.807, 2.05) is 69.3 Å². The Hall–Kier alpha value is -3.41. The van der Waals surface area contributed by atoms with Crippen LogP contribution < -0.4 is 10.9 Å². The van der Waals surface area contributed by atoms with E-state index in [4.69, 9.17) is 0 Å². The topological polar surface area (TPSA) is 68.4 Å². The summed E-state index contributed by atoms with van der Waals surface area (Å²) in [5, 5.41) is 8.23. The van der Waals surface area contributed by atoms with Gasteiger partial charge in [0, 0.05) is 11.9 Å². The van der Waals surface area contributed by atoms with E-state index in [1.165, 1.54) is 10.2 Å². The lowest BCUT2D eigenvalue weighted by Crippen LogP contribution is -2.38. The van der Waals surface area contributed by atoms with Crippen molar-refractivity contribution in [3.8, 4) is 0 Å². The molecular weight excluding hydrogens is 364 g/mol. The Balaban J connectivity index is 1.64. The van der Waals surface area contributed by atoms with Crippen LogP contribution in [0.3, 0.4) is 0 Å². The Morgan fingerprint density at radius 3 is 2.48 bits per heavy atom. The molecule has 0 aliphatic carbocycles. The van der Waals surface area contributed by atoms with Gasteiger partial charge in [0.2, 0.25) is 5.91 Å². The molecule has 0 fully saturated rings. The maximum atomic E-state index is 13.1. The standard InChI is InChI=1S/C23H24N4O2/c1-4-19(22(28)24-13-17-8-5-15(2)6-9-17)27-23(29)21-12-18-11-16(3)7-10-20(18)26(21)14-25-27/h5-12,14,19H,4,13H2,1-3H3,(H,24,28). The van der Waals surface area contributed by atoms with E-state index in [1.54, 1.807) is 10.7 Å². The Bertz CT molecular complexity index is 1250. The number of hydrogen-bond donors (Lipinski definition) is 1. The molecule has 1 amide bonds. The molecule has 0 saturated carbocycles. The SMILES string of the molecule is CCC(C(=O)NCc1ccc(C)cc1)n1ncn2c(cc3cc(C)ccc32)c1=O. The molecule has 0 bridgehead atoms. The van der Waals surface area contributed by atoms with Crippen molar-refractivity contribution in [1.82, 2.24) is 19.5 Å². The second kappa shape index (κ2) is 7.54. The van der Waals surface area contributed by atoms with Crippen molar-refractivity contribution in [2.24, 2.45) is 0 Å². The first-order valence-corrected chi connectivity index (χ1v) is 9.80. The predicted molar refractivity (Wildman–Crippen MR) is 114 cm³/mol. The van der Waals surface area contributed by atoms with Gasteiger partial charge in [-0.05, 0) is 44.0 Å². The van der Waals surface area contributed by atoms with Crippen LogP contribution in [0.4, 0.5) is 0 Å². The number of benzene rings is 2. The average molecular weight is 388 g/mol. The van der Waals surface area contributed by atoms with Gasteiger partial charge in [0.05, 0.1) is 5.52 Å². The van der Waals surface area contributed by atoms with E-state index >= 15 is 0 Å². The highest BCUT2D eigenvalue weighted by Crippen LogP contribution is 2.20. The van der Waals surface area contributed by atoms with Crippen LogP contribution in [0.2, 0.25) is 0 Å². The van der Waals surface area contributed by atoms with E-state index < -0.39 is 6.04 Å². The normalized spacial score (nSPS) is 12.4. The highest BCUT2D eigenvalue weighted by molar-refractivity contribution is 5.87. The van der Waals surface area contributed by atoms with Gasteiger partial charge in [0.15, 0.2) is 0 Å². The van der Waals surface area contributed by atoms with Crippen LogP contribution in [-0.4, -0.2) is 20.1 Å². The van der Waals surface area contributed by atoms with Crippen molar-refractivity contribution in [2.45, 2.75) is 39.8 Å². The number of carbonyl (C=O) groups is 1. The smallest absolute Gasteiger partial charge is 0.291 e. The number of nitrogens with one attached hydrogen (secondary N) is 1. The molecule has 6 heteroatoms. The molecule has 1 unspecified atom stereocenters. The van der Waals surface area contributed by atoms with E-state index in [-0.39, 0.29) is 11.5 Å². The molecule has 0 radical (unpaired) electrons. The molecule has 0 aliphatic heterocycles. The lowest BCUT2D eigenvalue weighted by molar-refractivity contribution is -0.125. The summed E-state index contributed by atoms with van der Waals surface area (Å²) in [5.74, 6) is -0.209. The summed E-state index contributed by atoms with van der Waals surface area (Å²) < 4.78 is 3.08. The van der Waals surface area contributed by atoms with Crippen LogP contribution >= 0.6 is 0 Å². The molecule has 2 aromatic heterocycles. The number of aromatic nitrogens is 3. The third-order valence-electron chi connectivity index (χ3n) is 5.28. The zero-order valence-electron chi connectivity index (χ0n) is 16.8. The van der Waals surface area contributed by atoms with Gasteiger partial charge in [-0.25, -0.2) is 4.68 Å². The van der Waals surface area contributed by atoms with E-state index in [2.05, 4.69) is 10.4 Å². The lowest BCUT2D eigenvalue weighted by atomic mass is 10.1. The molecule has 0 saturated heterocycles.